The Bertz CT molecular complexity index is 725. The summed E-state index contributed by atoms with van der Waals surface area (Å²) in [6.07, 6.45) is 2.30. The molecule has 1 aromatic heterocycles. The number of aromatic nitrogens is 1. The lowest BCUT2D eigenvalue weighted by Crippen LogP contribution is -2.32. The molecule has 0 radical (unpaired) electrons. The number of thiazole rings is 1. The molecular weight excluding hydrogens is 322 g/mol. The predicted molar refractivity (Wildman–Crippen MR) is 86.6 cm³/mol. The molecule has 2 rings (SSSR count). The topological polar surface area (TPSA) is 88.2 Å². The Hall–Kier alpha value is -1.77. The van der Waals surface area contributed by atoms with Crippen LogP contribution in [0.2, 0.25) is 0 Å². The van der Waals surface area contributed by atoms with E-state index in [1.807, 2.05) is 6.92 Å². The van der Waals surface area contributed by atoms with Gasteiger partial charge in [-0.05, 0) is 37.6 Å². The van der Waals surface area contributed by atoms with E-state index in [0.29, 0.717) is 17.1 Å². The molecule has 2 aromatic rings. The van der Waals surface area contributed by atoms with Crippen molar-refractivity contribution in [2.24, 2.45) is 0 Å². The van der Waals surface area contributed by atoms with E-state index in [2.05, 4.69) is 15.0 Å². The molecule has 0 aliphatic carbocycles. The van der Waals surface area contributed by atoms with Crippen molar-refractivity contribution >= 4 is 32.4 Å². The van der Waals surface area contributed by atoms with Gasteiger partial charge in [-0.1, -0.05) is 6.92 Å². The van der Waals surface area contributed by atoms with E-state index < -0.39 is 10.0 Å². The first-order valence-electron chi connectivity index (χ1n) is 6.75. The van der Waals surface area contributed by atoms with Crippen molar-refractivity contribution < 1.29 is 13.2 Å². The molecule has 0 aliphatic heterocycles. The fourth-order valence-electron chi connectivity index (χ4n) is 1.66. The number of rotatable bonds is 6. The minimum absolute atomic E-state index is 0.138. The Kier molecular flexibility index (Phi) is 5.28. The van der Waals surface area contributed by atoms with E-state index in [1.54, 1.807) is 18.5 Å². The second-order valence-corrected chi connectivity index (χ2v) is 7.35. The van der Waals surface area contributed by atoms with Crippen LogP contribution in [0.4, 0.5) is 5.13 Å². The monoisotopic (exact) mass is 339 g/mol. The fourth-order valence-corrected chi connectivity index (χ4v) is 3.51. The average molecular weight is 339 g/mol. The Morgan fingerprint density at radius 2 is 2.00 bits per heavy atom. The van der Waals surface area contributed by atoms with Crippen LogP contribution in [0.25, 0.3) is 0 Å². The van der Waals surface area contributed by atoms with Crippen molar-refractivity contribution in [3.8, 4) is 0 Å². The van der Waals surface area contributed by atoms with Gasteiger partial charge in [-0.15, -0.1) is 11.3 Å². The molecule has 1 unspecified atom stereocenters. The second-order valence-electron chi connectivity index (χ2n) is 4.75. The second kappa shape index (κ2) is 6.99. The van der Waals surface area contributed by atoms with Gasteiger partial charge in [0.2, 0.25) is 10.0 Å². The number of sulfonamides is 1. The highest BCUT2D eigenvalue weighted by Crippen LogP contribution is 2.15. The molecule has 0 aliphatic rings. The Morgan fingerprint density at radius 3 is 2.55 bits per heavy atom. The summed E-state index contributed by atoms with van der Waals surface area (Å²) < 4.78 is 26.8. The van der Waals surface area contributed by atoms with Crippen molar-refractivity contribution in [3.63, 3.8) is 0 Å². The highest BCUT2D eigenvalue weighted by molar-refractivity contribution is 7.89. The zero-order chi connectivity index (χ0) is 16.2. The van der Waals surface area contributed by atoms with Gasteiger partial charge in [-0.2, -0.15) is 0 Å². The largest absolute Gasteiger partial charge is 0.298 e. The van der Waals surface area contributed by atoms with Gasteiger partial charge in [-0.25, -0.2) is 18.1 Å². The normalized spacial score (nSPS) is 12.8. The summed E-state index contributed by atoms with van der Waals surface area (Å²) in [5.41, 5.74) is 0.373. The zero-order valence-corrected chi connectivity index (χ0v) is 13.9. The van der Waals surface area contributed by atoms with E-state index in [4.69, 9.17) is 0 Å². The Labute approximate surface area is 133 Å². The number of benzene rings is 1. The highest BCUT2D eigenvalue weighted by Gasteiger charge is 2.17. The average Bonchev–Trinajstić information content (AvgIpc) is 2.99. The van der Waals surface area contributed by atoms with E-state index in [-0.39, 0.29) is 16.8 Å². The number of nitrogens with one attached hydrogen (secondary N) is 2. The van der Waals surface area contributed by atoms with E-state index in [0.717, 1.165) is 0 Å². The summed E-state index contributed by atoms with van der Waals surface area (Å²) in [5.74, 6) is -0.325. The number of nitrogens with zero attached hydrogens (tertiary/aromatic N) is 1. The lowest BCUT2D eigenvalue weighted by atomic mass is 10.2. The van der Waals surface area contributed by atoms with Gasteiger partial charge in [0.15, 0.2) is 5.13 Å². The van der Waals surface area contributed by atoms with Crippen LogP contribution in [-0.4, -0.2) is 25.4 Å². The highest BCUT2D eigenvalue weighted by atomic mass is 32.2. The molecule has 118 valence electrons. The number of anilines is 1. The number of hydrogen-bond donors (Lipinski definition) is 2. The molecule has 22 heavy (non-hydrogen) atoms. The molecule has 0 bridgehead atoms. The maximum Gasteiger partial charge on any atom is 0.257 e. The van der Waals surface area contributed by atoms with Crippen molar-refractivity contribution in [2.45, 2.75) is 31.2 Å². The molecule has 6 nitrogen and oxygen atoms in total. The van der Waals surface area contributed by atoms with Crippen LogP contribution >= 0.6 is 11.3 Å². The molecule has 1 amide bonds. The number of amides is 1. The summed E-state index contributed by atoms with van der Waals surface area (Å²) >= 11 is 1.31. The molecule has 1 aromatic carbocycles. The number of hydrogen-bond acceptors (Lipinski definition) is 5. The van der Waals surface area contributed by atoms with Gasteiger partial charge in [0.25, 0.3) is 5.91 Å². The molecule has 0 spiro atoms. The van der Waals surface area contributed by atoms with Crippen molar-refractivity contribution in [1.29, 1.82) is 0 Å². The van der Waals surface area contributed by atoms with Crippen LogP contribution in [0, 0.1) is 0 Å². The van der Waals surface area contributed by atoms with Crippen LogP contribution in [0.1, 0.15) is 30.6 Å². The molecule has 2 N–H and O–H groups in total. The third-order valence-corrected chi connectivity index (χ3v) is 5.34. The molecule has 1 atom stereocenters. The molecular formula is C14H17N3O3S2. The zero-order valence-electron chi connectivity index (χ0n) is 12.2. The Balaban J connectivity index is 2.11. The van der Waals surface area contributed by atoms with Crippen LogP contribution in [0.5, 0.6) is 0 Å². The summed E-state index contributed by atoms with van der Waals surface area (Å²) in [7, 11) is -3.56. The van der Waals surface area contributed by atoms with Gasteiger partial charge in [0, 0.05) is 23.2 Å². The van der Waals surface area contributed by atoms with E-state index >= 15 is 0 Å². The molecule has 8 heteroatoms. The maximum atomic E-state index is 12.1. The van der Waals surface area contributed by atoms with Gasteiger partial charge >= 0.3 is 0 Å². The van der Waals surface area contributed by atoms with Crippen molar-refractivity contribution in [1.82, 2.24) is 9.71 Å². The summed E-state index contributed by atoms with van der Waals surface area (Å²) in [4.78, 5) is 16.1. The third kappa shape index (κ3) is 4.12. The minimum Gasteiger partial charge on any atom is -0.298 e. The van der Waals surface area contributed by atoms with Gasteiger partial charge in [-0.3, -0.25) is 10.1 Å². The van der Waals surface area contributed by atoms with Crippen LogP contribution in [0.3, 0.4) is 0 Å². The predicted octanol–water partition coefficient (Wildman–Crippen LogP) is 2.47. The lowest BCUT2D eigenvalue weighted by molar-refractivity contribution is 0.102. The van der Waals surface area contributed by atoms with Crippen LogP contribution < -0.4 is 10.0 Å². The van der Waals surface area contributed by atoms with Crippen molar-refractivity contribution in [3.05, 3.63) is 41.4 Å². The molecule has 0 saturated heterocycles. The van der Waals surface area contributed by atoms with Gasteiger partial charge < -0.3 is 0 Å². The summed E-state index contributed by atoms with van der Waals surface area (Å²) in [6.45, 7) is 3.70. The maximum absolute atomic E-state index is 12.1. The minimum atomic E-state index is -3.56. The molecule has 1 heterocycles. The number of carbonyl (C=O) groups is 1. The van der Waals surface area contributed by atoms with Gasteiger partial charge in [0.05, 0.1) is 4.90 Å². The molecule has 0 saturated carbocycles. The van der Waals surface area contributed by atoms with Crippen molar-refractivity contribution in [2.75, 3.05) is 5.32 Å². The third-order valence-electron chi connectivity index (χ3n) is 3.05. The first-order chi connectivity index (χ1) is 10.4. The molecule has 0 fully saturated rings. The van der Waals surface area contributed by atoms with E-state index in [9.17, 15) is 13.2 Å². The number of carbonyl (C=O) groups excluding carboxylic acids is 1. The SMILES string of the molecule is CCC(C)NS(=O)(=O)c1ccc(C(=O)Nc2nccs2)cc1. The first kappa shape index (κ1) is 16.6. The summed E-state index contributed by atoms with van der Waals surface area (Å²) in [5, 5.41) is 4.90. The fraction of sp³-hybridized carbons (Fsp3) is 0.286. The standard InChI is InChI=1S/C14H17N3O3S2/c1-3-10(2)17-22(19,20)12-6-4-11(5-7-12)13(18)16-14-15-8-9-21-14/h4-10,17H,3H2,1-2H3,(H,15,16,18). The smallest absolute Gasteiger partial charge is 0.257 e. The quantitative estimate of drug-likeness (QED) is 0.846. The van der Waals surface area contributed by atoms with E-state index in [1.165, 1.54) is 35.6 Å². The Morgan fingerprint density at radius 1 is 1.32 bits per heavy atom. The summed E-state index contributed by atoms with van der Waals surface area (Å²) in [6, 6.07) is 5.66. The van der Waals surface area contributed by atoms with Crippen LogP contribution in [0.15, 0.2) is 40.7 Å². The van der Waals surface area contributed by atoms with Gasteiger partial charge in [0.1, 0.15) is 0 Å². The lowest BCUT2D eigenvalue weighted by Gasteiger charge is -2.12. The van der Waals surface area contributed by atoms with Crippen LogP contribution in [-0.2, 0) is 10.0 Å². The first-order valence-corrected chi connectivity index (χ1v) is 9.12.